The van der Waals surface area contributed by atoms with Gasteiger partial charge in [0.2, 0.25) is 11.8 Å². The van der Waals surface area contributed by atoms with Crippen LogP contribution >= 0.6 is 15.9 Å². The summed E-state index contributed by atoms with van der Waals surface area (Å²) in [6.07, 6.45) is -4.67. The van der Waals surface area contributed by atoms with Gasteiger partial charge in [-0.05, 0) is 34.1 Å². The molecule has 1 heterocycles. The van der Waals surface area contributed by atoms with Crippen molar-refractivity contribution in [3.8, 4) is 11.6 Å². The first-order valence-corrected chi connectivity index (χ1v) is 5.89. The van der Waals surface area contributed by atoms with E-state index in [4.69, 9.17) is 10.5 Å². The first-order chi connectivity index (χ1) is 9.25. The molecule has 0 saturated carbocycles. The zero-order valence-corrected chi connectivity index (χ0v) is 11.2. The van der Waals surface area contributed by atoms with Gasteiger partial charge in [0.15, 0.2) is 5.69 Å². The molecular formula is C11H6BrF4N3O. The average molecular weight is 352 g/mol. The Labute approximate surface area is 118 Å². The molecule has 1 aromatic heterocycles. The van der Waals surface area contributed by atoms with Gasteiger partial charge in [-0.15, -0.1) is 0 Å². The number of ether oxygens (including phenoxy) is 1. The summed E-state index contributed by atoms with van der Waals surface area (Å²) in [4.78, 5) is 6.60. The lowest BCUT2D eigenvalue weighted by Gasteiger charge is -2.09. The molecule has 0 fully saturated rings. The number of halogens is 5. The van der Waals surface area contributed by atoms with Gasteiger partial charge in [-0.2, -0.15) is 18.2 Å². The number of alkyl halides is 3. The number of hydrogen-bond donors (Lipinski definition) is 1. The third kappa shape index (κ3) is 3.35. The van der Waals surface area contributed by atoms with E-state index >= 15 is 0 Å². The molecule has 1 aromatic carbocycles. The lowest BCUT2D eigenvalue weighted by molar-refractivity contribution is -0.141. The Morgan fingerprint density at radius 3 is 2.45 bits per heavy atom. The van der Waals surface area contributed by atoms with Crippen molar-refractivity contribution < 1.29 is 22.3 Å². The normalized spacial score (nSPS) is 11.4. The monoisotopic (exact) mass is 351 g/mol. The highest BCUT2D eigenvalue weighted by molar-refractivity contribution is 9.10. The van der Waals surface area contributed by atoms with Crippen LogP contribution in [0.3, 0.4) is 0 Å². The van der Waals surface area contributed by atoms with Crippen molar-refractivity contribution in [3.63, 3.8) is 0 Å². The third-order valence-electron chi connectivity index (χ3n) is 2.12. The molecule has 2 N–H and O–H groups in total. The topological polar surface area (TPSA) is 61.0 Å². The highest BCUT2D eigenvalue weighted by Crippen LogP contribution is 2.31. The summed E-state index contributed by atoms with van der Waals surface area (Å²) in [7, 11) is 0. The van der Waals surface area contributed by atoms with E-state index in [-0.39, 0.29) is 16.1 Å². The Morgan fingerprint density at radius 2 is 1.85 bits per heavy atom. The molecule has 0 bridgehead atoms. The average Bonchev–Trinajstić information content (AvgIpc) is 2.32. The Morgan fingerprint density at radius 1 is 1.15 bits per heavy atom. The summed E-state index contributed by atoms with van der Waals surface area (Å²) >= 11 is 2.93. The maximum absolute atomic E-state index is 13.0. The quantitative estimate of drug-likeness (QED) is 0.836. The van der Waals surface area contributed by atoms with Crippen LogP contribution in [0.5, 0.6) is 11.6 Å². The van der Waals surface area contributed by atoms with Gasteiger partial charge in [-0.25, -0.2) is 9.37 Å². The number of nitrogens with zero attached hydrogens (tertiary/aromatic N) is 2. The molecule has 0 atom stereocenters. The number of nitrogen functional groups attached to an aromatic ring is 1. The Hall–Kier alpha value is -1.90. The van der Waals surface area contributed by atoms with Crippen LogP contribution in [0.1, 0.15) is 5.69 Å². The van der Waals surface area contributed by atoms with E-state index in [1.165, 1.54) is 12.1 Å². The largest absolute Gasteiger partial charge is 0.439 e. The molecule has 0 saturated heterocycles. The van der Waals surface area contributed by atoms with Crippen LogP contribution in [0.2, 0.25) is 0 Å². The van der Waals surface area contributed by atoms with Gasteiger partial charge in [-0.3, -0.25) is 0 Å². The minimum absolute atomic E-state index is 0.101. The summed E-state index contributed by atoms with van der Waals surface area (Å²) in [5, 5.41) is 0. The highest BCUT2D eigenvalue weighted by atomic mass is 79.9. The van der Waals surface area contributed by atoms with Gasteiger partial charge in [-0.1, -0.05) is 0 Å². The molecule has 106 valence electrons. The molecule has 0 aliphatic rings. The van der Waals surface area contributed by atoms with E-state index in [1.54, 1.807) is 0 Å². The van der Waals surface area contributed by atoms with Gasteiger partial charge in [0.25, 0.3) is 0 Å². The molecule has 9 heteroatoms. The number of rotatable bonds is 2. The Balaban J connectivity index is 2.33. The van der Waals surface area contributed by atoms with Crippen LogP contribution < -0.4 is 10.5 Å². The zero-order chi connectivity index (χ0) is 14.9. The van der Waals surface area contributed by atoms with Gasteiger partial charge in [0.05, 0.1) is 4.47 Å². The molecule has 0 aliphatic carbocycles. The van der Waals surface area contributed by atoms with E-state index in [2.05, 4.69) is 25.9 Å². The van der Waals surface area contributed by atoms with Crippen molar-refractivity contribution in [1.29, 1.82) is 0 Å². The van der Waals surface area contributed by atoms with Crippen molar-refractivity contribution in [3.05, 3.63) is 40.2 Å². The summed E-state index contributed by atoms with van der Waals surface area (Å²) in [5.74, 6) is -1.39. The Kier molecular flexibility index (Phi) is 3.80. The van der Waals surface area contributed by atoms with Crippen molar-refractivity contribution in [2.45, 2.75) is 6.18 Å². The van der Waals surface area contributed by atoms with Gasteiger partial charge < -0.3 is 10.5 Å². The van der Waals surface area contributed by atoms with Crippen molar-refractivity contribution in [2.75, 3.05) is 5.73 Å². The number of nitrogens with two attached hydrogens (primary N) is 1. The smallest absolute Gasteiger partial charge is 0.433 e. The van der Waals surface area contributed by atoms with E-state index in [0.29, 0.717) is 6.07 Å². The van der Waals surface area contributed by atoms with Crippen LogP contribution in [0.15, 0.2) is 28.7 Å². The first kappa shape index (κ1) is 14.5. The minimum Gasteiger partial charge on any atom is -0.439 e. The predicted octanol–water partition coefficient (Wildman–Crippen LogP) is 3.77. The molecule has 0 amide bonds. The molecule has 0 unspecified atom stereocenters. The number of aromatic nitrogens is 2. The molecule has 0 spiro atoms. The third-order valence-corrected chi connectivity index (χ3v) is 2.73. The second kappa shape index (κ2) is 5.23. The van der Waals surface area contributed by atoms with E-state index < -0.39 is 23.6 Å². The van der Waals surface area contributed by atoms with Crippen LogP contribution in [0, 0.1) is 5.82 Å². The number of anilines is 1. The van der Waals surface area contributed by atoms with Crippen LogP contribution in [0.4, 0.5) is 23.5 Å². The van der Waals surface area contributed by atoms with Gasteiger partial charge in [0.1, 0.15) is 11.6 Å². The number of benzene rings is 1. The molecule has 2 rings (SSSR count). The maximum Gasteiger partial charge on any atom is 0.433 e. The SMILES string of the molecule is Nc1nc(Oc2ccc(F)c(Br)c2)cc(C(F)(F)F)n1. The second-order valence-electron chi connectivity index (χ2n) is 3.63. The first-order valence-electron chi connectivity index (χ1n) is 5.10. The molecule has 0 radical (unpaired) electrons. The lowest BCUT2D eigenvalue weighted by atomic mass is 10.3. The second-order valence-corrected chi connectivity index (χ2v) is 4.48. The zero-order valence-electron chi connectivity index (χ0n) is 9.58. The minimum atomic E-state index is -4.67. The summed E-state index contributed by atoms with van der Waals surface area (Å²) in [5.41, 5.74) is 3.97. The van der Waals surface area contributed by atoms with Crippen LogP contribution in [-0.4, -0.2) is 9.97 Å². The summed E-state index contributed by atoms with van der Waals surface area (Å²) < 4.78 is 55.9. The molecule has 20 heavy (non-hydrogen) atoms. The molecular weight excluding hydrogens is 346 g/mol. The van der Waals surface area contributed by atoms with Crippen molar-refractivity contribution >= 4 is 21.9 Å². The van der Waals surface area contributed by atoms with Crippen LogP contribution in [0.25, 0.3) is 0 Å². The number of hydrogen-bond acceptors (Lipinski definition) is 4. The predicted molar refractivity (Wildman–Crippen MR) is 65.6 cm³/mol. The van der Waals surface area contributed by atoms with Crippen LogP contribution in [-0.2, 0) is 6.18 Å². The molecule has 0 aliphatic heterocycles. The Bertz CT molecular complexity index is 648. The summed E-state index contributed by atoms with van der Waals surface area (Å²) in [6.45, 7) is 0. The molecule has 2 aromatic rings. The lowest BCUT2D eigenvalue weighted by Crippen LogP contribution is -2.11. The van der Waals surface area contributed by atoms with E-state index in [1.807, 2.05) is 0 Å². The fourth-order valence-electron chi connectivity index (χ4n) is 1.30. The highest BCUT2D eigenvalue weighted by Gasteiger charge is 2.33. The van der Waals surface area contributed by atoms with Gasteiger partial charge in [0, 0.05) is 6.07 Å². The standard InChI is InChI=1S/C11H6BrF4N3O/c12-6-3-5(1-2-7(6)13)20-9-4-8(11(14,15)16)18-10(17)19-9/h1-4H,(H2,17,18,19). The van der Waals surface area contributed by atoms with E-state index in [9.17, 15) is 17.6 Å². The van der Waals surface area contributed by atoms with Gasteiger partial charge >= 0.3 is 6.18 Å². The fourth-order valence-corrected chi connectivity index (χ4v) is 1.66. The molecule has 4 nitrogen and oxygen atoms in total. The van der Waals surface area contributed by atoms with Crippen molar-refractivity contribution in [1.82, 2.24) is 9.97 Å². The van der Waals surface area contributed by atoms with E-state index in [0.717, 1.165) is 6.07 Å². The fraction of sp³-hybridized carbons (Fsp3) is 0.0909. The van der Waals surface area contributed by atoms with Crippen molar-refractivity contribution in [2.24, 2.45) is 0 Å². The summed E-state index contributed by atoms with van der Waals surface area (Å²) in [6, 6.07) is 4.19. The maximum atomic E-state index is 13.0.